The minimum Gasteiger partial charge on any atom is -0.480 e. The maximum Gasteiger partial charge on any atom is 0.326 e. The number of likely N-dealkylation sites (tertiary alicyclic amines) is 1. The van der Waals surface area contributed by atoms with Crippen LogP contribution in [0.25, 0.3) is 0 Å². The van der Waals surface area contributed by atoms with Crippen molar-refractivity contribution in [3.05, 3.63) is 29.8 Å². The van der Waals surface area contributed by atoms with E-state index in [1.54, 1.807) is 23.9 Å². The van der Waals surface area contributed by atoms with Crippen molar-refractivity contribution in [1.82, 2.24) is 4.90 Å². The third-order valence-electron chi connectivity index (χ3n) is 3.62. The van der Waals surface area contributed by atoms with Gasteiger partial charge in [0.05, 0.1) is 6.10 Å². The molecule has 0 radical (unpaired) electrons. The predicted octanol–water partition coefficient (Wildman–Crippen LogP) is 2.50. The minimum atomic E-state index is -0.986. The van der Waals surface area contributed by atoms with E-state index in [2.05, 4.69) is 13.8 Å². The summed E-state index contributed by atoms with van der Waals surface area (Å²) in [5.74, 6) is -1.24. The summed E-state index contributed by atoms with van der Waals surface area (Å²) < 4.78 is 5.21. The fraction of sp³-hybridized carbons (Fsp3) is 0.500. The quantitative estimate of drug-likeness (QED) is 0.843. The van der Waals surface area contributed by atoms with E-state index >= 15 is 0 Å². The van der Waals surface area contributed by atoms with Crippen LogP contribution in [0.3, 0.4) is 0 Å². The lowest BCUT2D eigenvalue weighted by Gasteiger charge is -2.21. The first-order chi connectivity index (χ1) is 10.4. The molecule has 1 aromatic carbocycles. The number of benzene rings is 1. The number of ether oxygens (including phenoxy) is 1. The Morgan fingerprint density at radius 3 is 2.45 bits per heavy atom. The number of carbonyl (C=O) groups excluding carboxylic acids is 1. The molecule has 0 aromatic heterocycles. The van der Waals surface area contributed by atoms with Crippen molar-refractivity contribution in [2.45, 2.75) is 42.6 Å². The molecule has 0 spiro atoms. The molecule has 1 aliphatic rings. The first-order valence-corrected chi connectivity index (χ1v) is 8.13. The Balaban J connectivity index is 2.14. The van der Waals surface area contributed by atoms with Gasteiger partial charge in [-0.2, -0.15) is 0 Å². The molecular weight excluding hydrogens is 302 g/mol. The molecule has 22 heavy (non-hydrogen) atoms. The zero-order valence-corrected chi connectivity index (χ0v) is 13.8. The van der Waals surface area contributed by atoms with Gasteiger partial charge in [-0.15, -0.1) is 11.8 Å². The topological polar surface area (TPSA) is 66.8 Å². The largest absolute Gasteiger partial charge is 0.480 e. The standard InChI is InChI=1S/C16H21NO4S/c1-10(2)22-13-6-4-11(5-7-13)15(18)17-9-12(21-3)8-14(17)16(19)20/h4-7,10,12,14H,8-9H2,1-3H3,(H,19,20). The molecule has 1 saturated heterocycles. The molecule has 0 bridgehead atoms. The van der Waals surface area contributed by atoms with Crippen LogP contribution in [-0.4, -0.2) is 52.9 Å². The lowest BCUT2D eigenvalue weighted by Crippen LogP contribution is -2.40. The number of carboxylic acid groups (broad SMARTS) is 1. The lowest BCUT2D eigenvalue weighted by atomic mass is 10.1. The number of aliphatic carboxylic acids is 1. The summed E-state index contributed by atoms with van der Waals surface area (Å²) in [5, 5.41) is 9.75. The van der Waals surface area contributed by atoms with Crippen molar-refractivity contribution >= 4 is 23.6 Å². The molecule has 120 valence electrons. The molecule has 1 fully saturated rings. The second kappa shape index (κ2) is 7.15. The number of hydrogen-bond acceptors (Lipinski definition) is 4. The number of carboxylic acids is 1. The highest BCUT2D eigenvalue weighted by Crippen LogP contribution is 2.25. The van der Waals surface area contributed by atoms with Crippen molar-refractivity contribution < 1.29 is 19.4 Å². The van der Waals surface area contributed by atoms with Crippen LogP contribution < -0.4 is 0 Å². The van der Waals surface area contributed by atoms with Crippen LogP contribution in [0.2, 0.25) is 0 Å². The lowest BCUT2D eigenvalue weighted by molar-refractivity contribution is -0.141. The Labute approximate surface area is 134 Å². The van der Waals surface area contributed by atoms with Crippen molar-refractivity contribution in [3.8, 4) is 0 Å². The van der Waals surface area contributed by atoms with E-state index in [-0.39, 0.29) is 12.0 Å². The molecule has 5 nitrogen and oxygen atoms in total. The van der Waals surface area contributed by atoms with Gasteiger partial charge in [0.2, 0.25) is 0 Å². The minimum absolute atomic E-state index is 0.221. The second-order valence-corrected chi connectivity index (χ2v) is 7.25. The molecule has 2 rings (SSSR count). The number of thioether (sulfide) groups is 1. The van der Waals surface area contributed by atoms with E-state index in [0.29, 0.717) is 23.8 Å². The highest BCUT2D eigenvalue weighted by Gasteiger charge is 2.40. The molecule has 6 heteroatoms. The molecule has 0 saturated carbocycles. The summed E-state index contributed by atoms with van der Waals surface area (Å²) in [6, 6.07) is 6.50. The van der Waals surface area contributed by atoms with Crippen LogP contribution in [0, 0.1) is 0 Å². The zero-order valence-electron chi connectivity index (χ0n) is 13.0. The van der Waals surface area contributed by atoms with Crippen LogP contribution >= 0.6 is 11.8 Å². The average molecular weight is 323 g/mol. The molecule has 1 heterocycles. The summed E-state index contributed by atoms with van der Waals surface area (Å²) >= 11 is 1.72. The smallest absolute Gasteiger partial charge is 0.326 e. The van der Waals surface area contributed by atoms with E-state index in [4.69, 9.17) is 4.74 Å². The van der Waals surface area contributed by atoms with Crippen LogP contribution in [0.4, 0.5) is 0 Å². The molecule has 0 aliphatic carbocycles. The zero-order chi connectivity index (χ0) is 16.3. The number of rotatable bonds is 5. The van der Waals surface area contributed by atoms with Gasteiger partial charge < -0.3 is 14.7 Å². The maximum absolute atomic E-state index is 12.6. The Morgan fingerprint density at radius 2 is 1.95 bits per heavy atom. The molecular formula is C16H21NO4S. The molecule has 1 amide bonds. The van der Waals surface area contributed by atoms with Gasteiger partial charge in [-0.3, -0.25) is 4.79 Å². The summed E-state index contributed by atoms with van der Waals surface area (Å²) in [6.07, 6.45) is 0.111. The van der Waals surface area contributed by atoms with Gasteiger partial charge in [-0.05, 0) is 24.3 Å². The Morgan fingerprint density at radius 1 is 1.32 bits per heavy atom. The molecule has 1 aromatic rings. The predicted molar refractivity (Wildman–Crippen MR) is 85.3 cm³/mol. The number of carbonyl (C=O) groups is 2. The summed E-state index contributed by atoms with van der Waals surface area (Å²) in [7, 11) is 1.54. The Hall–Kier alpha value is -1.53. The Kier molecular flexibility index (Phi) is 5.47. The van der Waals surface area contributed by atoms with Gasteiger partial charge in [-0.1, -0.05) is 13.8 Å². The molecule has 2 unspecified atom stereocenters. The van der Waals surface area contributed by atoms with E-state index in [0.717, 1.165) is 4.90 Å². The van der Waals surface area contributed by atoms with Gasteiger partial charge in [0, 0.05) is 35.8 Å². The van der Waals surface area contributed by atoms with Crippen LogP contribution in [0.5, 0.6) is 0 Å². The molecule has 1 aliphatic heterocycles. The average Bonchev–Trinajstić information content (AvgIpc) is 2.91. The fourth-order valence-corrected chi connectivity index (χ4v) is 3.38. The van der Waals surface area contributed by atoms with E-state index < -0.39 is 12.0 Å². The fourth-order valence-electron chi connectivity index (χ4n) is 2.54. The highest BCUT2D eigenvalue weighted by atomic mass is 32.2. The summed E-state index contributed by atoms with van der Waals surface area (Å²) in [6.45, 7) is 4.53. The molecule has 1 N–H and O–H groups in total. The van der Waals surface area contributed by atoms with Gasteiger partial charge in [0.15, 0.2) is 0 Å². The SMILES string of the molecule is COC1CC(C(=O)O)N(C(=O)c2ccc(SC(C)C)cc2)C1. The summed E-state index contributed by atoms with van der Waals surface area (Å²) in [4.78, 5) is 26.4. The molecule has 2 atom stereocenters. The number of nitrogens with zero attached hydrogens (tertiary/aromatic N) is 1. The normalized spacial score (nSPS) is 21.4. The number of hydrogen-bond donors (Lipinski definition) is 1. The first kappa shape index (κ1) is 16.8. The van der Waals surface area contributed by atoms with E-state index in [1.165, 1.54) is 12.0 Å². The first-order valence-electron chi connectivity index (χ1n) is 7.25. The van der Waals surface area contributed by atoms with Gasteiger partial charge in [0.1, 0.15) is 6.04 Å². The van der Waals surface area contributed by atoms with Crippen molar-refractivity contribution in [2.24, 2.45) is 0 Å². The van der Waals surface area contributed by atoms with Crippen LogP contribution in [0.1, 0.15) is 30.6 Å². The highest BCUT2D eigenvalue weighted by molar-refractivity contribution is 7.99. The Bertz CT molecular complexity index is 544. The van der Waals surface area contributed by atoms with E-state index in [1.807, 2.05) is 12.1 Å². The van der Waals surface area contributed by atoms with E-state index in [9.17, 15) is 14.7 Å². The van der Waals surface area contributed by atoms with Crippen molar-refractivity contribution in [3.63, 3.8) is 0 Å². The second-order valence-electron chi connectivity index (χ2n) is 5.60. The third kappa shape index (κ3) is 3.81. The number of methoxy groups -OCH3 is 1. The van der Waals surface area contributed by atoms with Gasteiger partial charge >= 0.3 is 5.97 Å². The van der Waals surface area contributed by atoms with Gasteiger partial charge in [0.25, 0.3) is 5.91 Å². The van der Waals surface area contributed by atoms with Crippen molar-refractivity contribution in [1.29, 1.82) is 0 Å². The maximum atomic E-state index is 12.6. The monoisotopic (exact) mass is 323 g/mol. The van der Waals surface area contributed by atoms with Crippen molar-refractivity contribution in [2.75, 3.05) is 13.7 Å². The number of amides is 1. The van der Waals surface area contributed by atoms with Crippen LogP contribution in [-0.2, 0) is 9.53 Å². The summed E-state index contributed by atoms with van der Waals surface area (Å²) in [5.41, 5.74) is 0.510. The van der Waals surface area contributed by atoms with Crippen LogP contribution in [0.15, 0.2) is 29.2 Å². The third-order valence-corrected chi connectivity index (χ3v) is 4.63. The van der Waals surface area contributed by atoms with Gasteiger partial charge in [-0.25, -0.2) is 4.79 Å².